The van der Waals surface area contributed by atoms with Gasteiger partial charge < -0.3 is 30.3 Å². The maximum absolute atomic E-state index is 11.1. The lowest BCUT2D eigenvalue weighted by Gasteiger charge is -2.24. The molecule has 7 nitrogen and oxygen atoms in total. The van der Waals surface area contributed by atoms with Crippen LogP contribution in [0.25, 0.3) is 0 Å². The molecule has 0 saturated heterocycles. The van der Waals surface area contributed by atoms with Gasteiger partial charge in [0.25, 0.3) is 0 Å². The standard InChI is InChI=1S/C9H18O7/c1-4(2)16-9(15)8(14)7(13)6(12)5(11)3-10/h4-8,10-14H,3H2,1-2H3/t5-,6-,7+,8-/m1/s1. The summed E-state index contributed by atoms with van der Waals surface area (Å²) in [6.45, 7) is 2.30. The summed E-state index contributed by atoms with van der Waals surface area (Å²) in [7, 11) is 0. The van der Waals surface area contributed by atoms with Gasteiger partial charge in [-0.05, 0) is 13.8 Å². The summed E-state index contributed by atoms with van der Waals surface area (Å²) in [6.07, 6.45) is -7.85. The number of aliphatic hydroxyl groups is 5. The monoisotopic (exact) mass is 238 g/mol. The maximum Gasteiger partial charge on any atom is 0.338 e. The molecule has 96 valence electrons. The van der Waals surface area contributed by atoms with Gasteiger partial charge >= 0.3 is 5.97 Å². The topological polar surface area (TPSA) is 127 Å². The fraction of sp³-hybridized carbons (Fsp3) is 0.889. The molecule has 0 spiro atoms. The number of carbonyl (C=O) groups is 1. The minimum atomic E-state index is -1.97. The third-order valence-corrected chi connectivity index (χ3v) is 1.85. The van der Waals surface area contributed by atoms with Crippen LogP contribution in [0, 0.1) is 0 Å². The lowest BCUT2D eigenvalue weighted by Crippen LogP contribution is -2.49. The van der Waals surface area contributed by atoms with Crippen LogP contribution in [0.3, 0.4) is 0 Å². The molecule has 0 saturated carbocycles. The van der Waals surface area contributed by atoms with Crippen molar-refractivity contribution < 1.29 is 35.1 Å². The molecule has 5 N–H and O–H groups in total. The minimum absolute atomic E-state index is 0.478. The Morgan fingerprint density at radius 2 is 1.62 bits per heavy atom. The molecule has 0 aliphatic rings. The minimum Gasteiger partial charge on any atom is -0.461 e. The second-order valence-corrected chi connectivity index (χ2v) is 3.66. The molecule has 0 radical (unpaired) electrons. The van der Waals surface area contributed by atoms with Crippen molar-refractivity contribution in [1.82, 2.24) is 0 Å². The summed E-state index contributed by atoms with van der Waals surface area (Å²) in [5, 5.41) is 45.3. The number of ether oxygens (including phenoxy) is 1. The van der Waals surface area contributed by atoms with Gasteiger partial charge in [-0.2, -0.15) is 0 Å². The molecule has 0 rings (SSSR count). The molecule has 4 atom stereocenters. The molecular formula is C9H18O7. The zero-order valence-electron chi connectivity index (χ0n) is 9.15. The Morgan fingerprint density at radius 1 is 1.12 bits per heavy atom. The maximum atomic E-state index is 11.1. The fourth-order valence-electron chi connectivity index (χ4n) is 0.964. The normalized spacial score (nSPS) is 19.0. The summed E-state index contributed by atoms with van der Waals surface area (Å²) in [5.74, 6) is -1.10. The summed E-state index contributed by atoms with van der Waals surface area (Å²) >= 11 is 0. The van der Waals surface area contributed by atoms with E-state index in [2.05, 4.69) is 4.74 Å². The van der Waals surface area contributed by atoms with Crippen LogP contribution in [0.1, 0.15) is 13.8 Å². The average molecular weight is 238 g/mol. The van der Waals surface area contributed by atoms with Crippen molar-refractivity contribution >= 4 is 5.97 Å². The zero-order valence-corrected chi connectivity index (χ0v) is 9.15. The van der Waals surface area contributed by atoms with E-state index in [4.69, 9.17) is 10.2 Å². The number of esters is 1. The highest BCUT2D eigenvalue weighted by Crippen LogP contribution is 2.07. The Hall–Kier alpha value is -0.730. The number of carbonyl (C=O) groups excluding carboxylic acids is 1. The first-order valence-corrected chi connectivity index (χ1v) is 4.84. The van der Waals surface area contributed by atoms with E-state index in [0.717, 1.165) is 0 Å². The second kappa shape index (κ2) is 6.77. The van der Waals surface area contributed by atoms with Crippen molar-refractivity contribution in [3.05, 3.63) is 0 Å². The summed E-state index contributed by atoms with van der Waals surface area (Å²) in [4.78, 5) is 11.1. The molecule has 0 aromatic rings. The van der Waals surface area contributed by atoms with Gasteiger partial charge in [0.15, 0.2) is 6.10 Å². The Kier molecular flexibility index (Phi) is 6.46. The molecule has 0 bridgehead atoms. The number of hydrogen-bond donors (Lipinski definition) is 5. The Labute approximate surface area is 92.9 Å². The van der Waals surface area contributed by atoms with Gasteiger partial charge in [0.2, 0.25) is 0 Å². The van der Waals surface area contributed by atoms with Crippen molar-refractivity contribution in [2.45, 2.75) is 44.4 Å². The van der Waals surface area contributed by atoms with E-state index in [1.165, 1.54) is 0 Å². The van der Waals surface area contributed by atoms with Crippen LogP contribution >= 0.6 is 0 Å². The van der Waals surface area contributed by atoms with Crippen LogP contribution < -0.4 is 0 Å². The van der Waals surface area contributed by atoms with Crippen molar-refractivity contribution in [3.8, 4) is 0 Å². The molecule has 0 heterocycles. The lowest BCUT2D eigenvalue weighted by atomic mass is 10.0. The van der Waals surface area contributed by atoms with Crippen LogP contribution in [0.4, 0.5) is 0 Å². The highest BCUT2D eigenvalue weighted by Gasteiger charge is 2.35. The Morgan fingerprint density at radius 3 is 2.00 bits per heavy atom. The first kappa shape index (κ1) is 15.3. The lowest BCUT2D eigenvalue weighted by molar-refractivity contribution is -0.173. The molecule has 0 amide bonds. The van der Waals surface area contributed by atoms with Gasteiger partial charge in [-0.25, -0.2) is 4.79 Å². The van der Waals surface area contributed by atoms with Crippen molar-refractivity contribution in [2.24, 2.45) is 0 Å². The number of rotatable bonds is 6. The first-order chi connectivity index (χ1) is 7.31. The van der Waals surface area contributed by atoms with E-state index >= 15 is 0 Å². The predicted octanol–water partition coefficient (Wildman–Crippen LogP) is -2.63. The van der Waals surface area contributed by atoms with Crippen LogP contribution in [0.15, 0.2) is 0 Å². The third kappa shape index (κ3) is 4.42. The van der Waals surface area contributed by atoms with E-state index in [1.54, 1.807) is 13.8 Å². The molecule has 0 unspecified atom stereocenters. The third-order valence-electron chi connectivity index (χ3n) is 1.85. The van der Waals surface area contributed by atoms with Gasteiger partial charge in [-0.15, -0.1) is 0 Å². The van der Waals surface area contributed by atoms with Crippen LogP contribution in [-0.4, -0.2) is 68.6 Å². The molecule has 16 heavy (non-hydrogen) atoms. The molecule has 7 heteroatoms. The molecule has 0 aromatic heterocycles. The zero-order chi connectivity index (χ0) is 12.9. The van der Waals surface area contributed by atoms with Crippen molar-refractivity contribution in [1.29, 1.82) is 0 Å². The summed E-state index contributed by atoms with van der Waals surface area (Å²) in [6, 6.07) is 0. The van der Waals surface area contributed by atoms with Gasteiger partial charge in [0, 0.05) is 0 Å². The second-order valence-electron chi connectivity index (χ2n) is 3.66. The van der Waals surface area contributed by atoms with Gasteiger partial charge in [-0.3, -0.25) is 0 Å². The van der Waals surface area contributed by atoms with Crippen LogP contribution in [0.5, 0.6) is 0 Å². The Bertz CT molecular complexity index is 218. The van der Waals surface area contributed by atoms with Gasteiger partial charge in [-0.1, -0.05) is 0 Å². The SMILES string of the molecule is CC(C)OC(=O)[C@H](O)[C@@H](O)[C@H](O)[C@H](O)CO. The van der Waals surface area contributed by atoms with Gasteiger partial charge in [0.05, 0.1) is 12.7 Å². The highest BCUT2D eigenvalue weighted by molar-refractivity contribution is 5.75. The molecular weight excluding hydrogens is 220 g/mol. The molecule has 0 aliphatic carbocycles. The van der Waals surface area contributed by atoms with Crippen LogP contribution in [0.2, 0.25) is 0 Å². The largest absolute Gasteiger partial charge is 0.461 e. The number of aliphatic hydroxyl groups excluding tert-OH is 5. The fourth-order valence-corrected chi connectivity index (χ4v) is 0.964. The smallest absolute Gasteiger partial charge is 0.338 e. The molecule has 0 fully saturated rings. The molecule has 0 aliphatic heterocycles. The first-order valence-electron chi connectivity index (χ1n) is 4.84. The van der Waals surface area contributed by atoms with E-state index in [1.807, 2.05) is 0 Å². The van der Waals surface area contributed by atoms with Gasteiger partial charge in [0.1, 0.15) is 18.3 Å². The van der Waals surface area contributed by atoms with E-state index in [9.17, 15) is 20.1 Å². The Balaban J connectivity index is 4.36. The van der Waals surface area contributed by atoms with E-state index < -0.39 is 43.1 Å². The molecule has 0 aromatic carbocycles. The van der Waals surface area contributed by atoms with E-state index in [-0.39, 0.29) is 0 Å². The average Bonchev–Trinajstić information content (AvgIpc) is 2.23. The predicted molar refractivity (Wildman–Crippen MR) is 52.3 cm³/mol. The quantitative estimate of drug-likeness (QED) is 0.320. The van der Waals surface area contributed by atoms with E-state index in [0.29, 0.717) is 0 Å². The summed E-state index contributed by atoms with van der Waals surface area (Å²) in [5.41, 5.74) is 0. The number of hydrogen-bond acceptors (Lipinski definition) is 7. The van der Waals surface area contributed by atoms with Crippen molar-refractivity contribution in [3.63, 3.8) is 0 Å². The van der Waals surface area contributed by atoms with Crippen LogP contribution in [-0.2, 0) is 9.53 Å². The van der Waals surface area contributed by atoms with Crippen molar-refractivity contribution in [2.75, 3.05) is 6.61 Å². The highest BCUT2D eigenvalue weighted by atomic mass is 16.6. The summed E-state index contributed by atoms with van der Waals surface area (Å²) < 4.78 is 4.59.